The molecular weight excluding hydrogens is 559 g/mol. The molecule has 1 saturated heterocycles. The number of urea groups is 1. The van der Waals surface area contributed by atoms with Gasteiger partial charge < -0.3 is 19.7 Å². The van der Waals surface area contributed by atoms with Crippen molar-refractivity contribution in [3.8, 4) is 21.7 Å². The second kappa shape index (κ2) is 11.2. The average molecular weight is 588 g/mol. The van der Waals surface area contributed by atoms with Crippen molar-refractivity contribution in [1.82, 2.24) is 19.9 Å². The Bertz CT molecular complexity index is 1660. The monoisotopic (exact) mass is 587 g/mol. The van der Waals surface area contributed by atoms with Crippen LogP contribution >= 0.6 is 11.3 Å². The summed E-state index contributed by atoms with van der Waals surface area (Å²) >= 11 is 0.816. The number of carbonyl (C=O) groups excluding carboxylic acids is 1. The van der Waals surface area contributed by atoms with Gasteiger partial charge in [0, 0.05) is 59.6 Å². The van der Waals surface area contributed by atoms with Crippen LogP contribution in [0.5, 0.6) is 0 Å². The number of nitrogens with zero attached hydrogens (tertiary/aromatic N) is 3. The van der Waals surface area contributed by atoms with Crippen molar-refractivity contribution in [3.05, 3.63) is 63.5 Å². The van der Waals surface area contributed by atoms with Gasteiger partial charge in [0.1, 0.15) is 10.8 Å². The SMILES string of the molecule is CCNC(=O)Nc1cc(-c2nc(C(F)(F)F)cs2)c(-c2ccc3c(c2)c(=O)c(C)cn3C2(CO)CCOCC2)cn1. The Morgan fingerprint density at radius 1 is 1.22 bits per heavy atom. The Labute approximate surface area is 237 Å². The van der Waals surface area contributed by atoms with Gasteiger partial charge in [-0.25, -0.2) is 14.8 Å². The number of benzene rings is 1. The van der Waals surface area contributed by atoms with Crippen LogP contribution in [0.2, 0.25) is 0 Å². The number of halogens is 3. The molecule has 1 aromatic carbocycles. The van der Waals surface area contributed by atoms with E-state index in [1.807, 2.05) is 4.57 Å². The predicted octanol–water partition coefficient (Wildman–Crippen LogP) is 5.15. The van der Waals surface area contributed by atoms with Crippen molar-refractivity contribution in [1.29, 1.82) is 0 Å². The van der Waals surface area contributed by atoms with Gasteiger partial charge in [0.15, 0.2) is 11.1 Å². The first-order valence-corrected chi connectivity index (χ1v) is 13.9. The van der Waals surface area contributed by atoms with Gasteiger partial charge in [-0.2, -0.15) is 13.2 Å². The maximum absolute atomic E-state index is 13.4. The van der Waals surface area contributed by atoms with E-state index < -0.39 is 23.4 Å². The number of thiazole rings is 1. The van der Waals surface area contributed by atoms with Crippen molar-refractivity contribution in [3.63, 3.8) is 0 Å². The van der Waals surface area contributed by atoms with Crippen LogP contribution in [0.15, 0.2) is 46.8 Å². The largest absolute Gasteiger partial charge is 0.434 e. The molecule has 0 atom stereocenters. The highest BCUT2D eigenvalue weighted by molar-refractivity contribution is 7.13. The molecule has 0 unspecified atom stereocenters. The van der Waals surface area contributed by atoms with Crippen LogP contribution in [-0.2, 0) is 16.5 Å². The fourth-order valence-electron chi connectivity index (χ4n) is 5.03. The molecule has 3 N–H and O–H groups in total. The molecule has 1 aliphatic heterocycles. The average Bonchev–Trinajstić information content (AvgIpc) is 3.46. The number of aliphatic hydroxyl groups excluding tert-OH is 1. The van der Waals surface area contributed by atoms with Crippen molar-refractivity contribution in [2.45, 2.75) is 38.4 Å². The van der Waals surface area contributed by atoms with E-state index in [9.17, 15) is 27.9 Å². The number of aliphatic hydroxyl groups is 1. The zero-order chi connectivity index (χ0) is 29.4. The Morgan fingerprint density at radius 3 is 2.63 bits per heavy atom. The number of pyridine rings is 2. The lowest BCUT2D eigenvalue weighted by atomic mass is 9.89. The minimum atomic E-state index is -4.62. The number of aromatic nitrogens is 3. The number of hydrogen-bond acceptors (Lipinski definition) is 7. The first-order valence-electron chi connectivity index (χ1n) is 13.0. The van der Waals surface area contributed by atoms with Crippen molar-refractivity contribution >= 4 is 34.1 Å². The van der Waals surface area contributed by atoms with Gasteiger partial charge in [-0.05, 0) is 50.5 Å². The molecule has 0 bridgehead atoms. The third-order valence-electron chi connectivity index (χ3n) is 7.23. The Kier molecular flexibility index (Phi) is 7.86. The highest BCUT2D eigenvalue weighted by atomic mass is 32.1. The first-order chi connectivity index (χ1) is 19.6. The molecule has 0 aliphatic carbocycles. The van der Waals surface area contributed by atoms with E-state index in [0.29, 0.717) is 65.8 Å². The van der Waals surface area contributed by atoms with Crippen LogP contribution in [0.3, 0.4) is 0 Å². The summed E-state index contributed by atoms with van der Waals surface area (Å²) in [6.07, 6.45) is -0.281. The molecule has 9 nitrogen and oxygen atoms in total. The molecule has 0 radical (unpaired) electrons. The summed E-state index contributed by atoms with van der Waals surface area (Å²) in [5.41, 5.74) is 0.540. The number of fused-ring (bicyclic) bond motifs is 1. The minimum absolute atomic E-state index is 0.0804. The zero-order valence-corrected chi connectivity index (χ0v) is 23.2. The first kappa shape index (κ1) is 28.7. The number of amides is 2. The molecule has 13 heteroatoms. The number of nitrogens with one attached hydrogen (secondary N) is 2. The number of ether oxygens (including phenoxy) is 1. The van der Waals surface area contributed by atoms with Gasteiger partial charge in [0.25, 0.3) is 0 Å². The highest BCUT2D eigenvalue weighted by Gasteiger charge is 2.35. The molecule has 1 fully saturated rings. The van der Waals surface area contributed by atoms with Gasteiger partial charge in [0.2, 0.25) is 0 Å². The second-order valence-electron chi connectivity index (χ2n) is 9.87. The summed E-state index contributed by atoms with van der Waals surface area (Å²) in [6.45, 7) is 4.65. The number of alkyl halides is 3. The number of rotatable bonds is 6. The molecule has 2 amide bonds. The lowest BCUT2D eigenvalue weighted by molar-refractivity contribution is -0.140. The van der Waals surface area contributed by atoms with Crippen LogP contribution in [0, 0.1) is 6.92 Å². The molecular formula is C28H28F3N5O4S. The van der Waals surface area contributed by atoms with E-state index in [0.717, 1.165) is 16.7 Å². The van der Waals surface area contributed by atoms with Gasteiger partial charge in [-0.3, -0.25) is 10.1 Å². The van der Waals surface area contributed by atoms with Crippen molar-refractivity contribution in [2.75, 3.05) is 31.7 Å². The second-order valence-corrected chi connectivity index (χ2v) is 10.7. The highest BCUT2D eigenvalue weighted by Crippen LogP contribution is 2.39. The van der Waals surface area contributed by atoms with E-state index >= 15 is 0 Å². The molecule has 41 heavy (non-hydrogen) atoms. The summed E-state index contributed by atoms with van der Waals surface area (Å²) < 4.78 is 47.6. The van der Waals surface area contributed by atoms with E-state index in [1.54, 1.807) is 38.2 Å². The minimum Gasteiger partial charge on any atom is -0.394 e. The molecule has 216 valence electrons. The molecule has 4 aromatic rings. The summed E-state index contributed by atoms with van der Waals surface area (Å²) in [7, 11) is 0. The quantitative estimate of drug-likeness (QED) is 0.287. The van der Waals surface area contributed by atoms with E-state index in [-0.39, 0.29) is 22.9 Å². The fraction of sp³-hybridized carbons (Fsp3) is 0.357. The zero-order valence-electron chi connectivity index (χ0n) is 22.3. The summed E-state index contributed by atoms with van der Waals surface area (Å²) in [4.78, 5) is 33.6. The van der Waals surface area contributed by atoms with Crippen LogP contribution < -0.4 is 16.1 Å². The molecule has 3 aromatic heterocycles. The molecule has 0 saturated carbocycles. The van der Waals surface area contributed by atoms with E-state index in [1.165, 1.54) is 12.3 Å². The molecule has 4 heterocycles. The summed E-state index contributed by atoms with van der Waals surface area (Å²) in [6, 6.07) is 6.16. The Hall–Kier alpha value is -3.81. The van der Waals surface area contributed by atoms with Crippen LogP contribution in [-0.4, -0.2) is 52.0 Å². The van der Waals surface area contributed by atoms with Gasteiger partial charge in [0.05, 0.1) is 17.7 Å². The van der Waals surface area contributed by atoms with Crippen molar-refractivity contribution < 1.29 is 27.8 Å². The smallest absolute Gasteiger partial charge is 0.394 e. The van der Waals surface area contributed by atoms with Gasteiger partial charge >= 0.3 is 12.2 Å². The van der Waals surface area contributed by atoms with Crippen LogP contribution in [0.1, 0.15) is 31.0 Å². The maximum atomic E-state index is 13.4. The Morgan fingerprint density at radius 2 is 1.98 bits per heavy atom. The topological polar surface area (TPSA) is 118 Å². The van der Waals surface area contributed by atoms with E-state index in [2.05, 4.69) is 20.6 Å². The van der Waals surface area contributed by atoms with Gasteiger partial charge in [-0.15, -0.1) is 11.3 Å². The van der Waals surface area contributed by atoms with E-state index in [4.69, 9.17) is 4.74 Å². The third-order valence-corrected chi connectivity index (χ3v) is 8.10. The normalized spacial score (nSPS) is 15.2. The lowest BCUT2D eigenvalue weighted by Crippen LogP contribution is -2.43. The van der Waals surface area contributed by atoms with Gasteiger partial charge in [-0.1, -0.05) is 6.07 Å². The third kappa shape index (κ3) is 5.56. The summed E-state index contributed by atoms with van der Waals surface area (Å²) in [5, 5.41) is 17.0. The number of aryl methyl sites for hydroxylation is 1. The van der Waals surface area contributed by atoms with Crippen LogP contribution in [0.4, 0.5) is 23.8 Å². The fourth-order valence-corrected chi connectivity index (χ4v) is 5.88. The summed E-state index contributed by atoms with van der Waals surface area (Å²) in [5.74, 6) is 0.127. The van der Waals surface area contributed by atoms with Crippen molar-refractivity contribution in [2.24, 2.45) is 0 Å². The number of carbonyl (C=O) groups is 1. The molecule has 1 aliphatic rings. The van der Waals surface area contributed by atoms with Crippen LogP contribution in [0.25, 0.3) is 32.6 Å². The lowest BCUT2D eigenvalue weighted by Gasteiger charge is -2.39. The molecule has 5 rings (SSSR count). The standard InChI is InChI=1S/C28H28F3N5O4S/c1-3-32-26(39)35-23-11-18(25-34-22(14-41-25)28(29,30)31)20(12-33-23)17-4-5-21-19(10-17)24(38)16(2)13-36(21)27(15-37)6-8-40-9-7-27/h4-5,10-14,37H,3,6-9,15H2,1-2H3,(H2,32,33,35,39). The number of hydrogen-bond donors (Lipinski definition) is 3. The number of anilines is 1. The molecule has 0 spiro atoms. The predicted molar refractivity (Wildman–Crippen MR) is 150 cm³/mol. The Balaban J connectivity index is 1.68. The maximum Gasteiger partial charge on any atom is 0.434 e.